The van der Waals surface area contributed by atoms with Gasteiger partial charge in [-0.2, -0.15) is 0 Å². The number of imidazole rings is 1. The Morgan fingerprint density at radius 1 is 0.851 bits per heavy atom. The maximum atomic E-state index is 12.3. The van der Waals surface area contributed by atoms with E-state index in [4.69, 9.17) is 48.7 Å². The quantitative estimate of drug-likeness (QED) is 0.0294. The Morgan fingerprint density at radius 3 is 1.79 bits per heavy atom. The summed E-state index contributed by atoms with van der Waals surface area (Å²) in [7, 11) is -7.86. The second-order valence-electron chi connectivity index (χ2n) is 11.1. The number of halogens is 2. The third kappa shape index (κ3) is 37.5. The number of carbonyl (C=O) groups is 1. The van der Waals surface area contributed by atoms with Crippen LogP contribution in [0, 0.1) is 20.5 Å². The Labute approximate surface area is 282 Å². The Balaban J connectivity index is 0. The third-order valence-electron chi connectivity index (χ3n) is 6.22. The lowest BCUT2D eigenvalue weighted by molar-refractivity contribution is -2.00. The van der Waals surface area contributed by atoms with Gasteiger partial charge in [-0.1, -0.05) is 40.5 Å². The molecule has 0 saturated carbocycles. The molecule has 0 aliphatic heterocycles. The van der Waals surface area contributed by atoms with Gasteiger partial charge in [-0.3, -0.25) is 21.3 Å². The molecule has 6 N–H and O–H groups in total. The van der Waals surface area contributed by atoms with Gasteiger partial charge in [0.2, 0.25) is 12.2 Å². The van der Waals surface area contributed by atoms with Crippen molar-refractivity contribution in [2.75, 3.05) is 13.1 Å². The maximum Gasteiger partial charge on any atom is 0.338 e. The molecule has 0 aromatic carbocycles. The van der Waals surface area contributed by atoms with Crippen LogP contribution in [0.5, 0.6) is 0 Å². The first-order chi connectivity index (χ1) is 21.6. The molecule has 0 fully saturated rings. The zero-order chi connectivity index (χ0) is 36.6. The van der Waals surface area contributed by atoms with Crippen LogP contribution in [0.4, 0.5) is 0 Å². The Bertz CT molecular complexity index is 1170. The highest BCUT2D eigenvalue weighted by atomic mass is 35.7. The molecule has 0 spiro atoms. The van der Waals surface area contributed by atoms with Crippen molar-refractivity contribution in [2.45, 2.75) is 92.5 Å². The normalized spacial score (nSPS) is 12.3. The number of nitrogens with zero attached hydrogens (tertiary/aromatic N) is 2. The number of allylic oxidation sites excluding steroid dienone is 7. The van der Waals surface area contributed by atoms with E-state index < -0.39 is 20.5 Å². The Hall–Kier alpha value is -2.83. The fourth-order valence-electron chi connectivity index (χ4n) is 4.02. The van der Waals surface area contributed by atoms with E-state index in [-0.39, 0.29) is 11.9 Å². The zero-order valence-corrected chi connectivity index (χ0v) is 29.7. The highest BCUT2D eigenvalue weighted by Gasteiger charge is 2.10. The minimum atomic E-state index is -4.94. The number of nitrogens with one attached hydrogen (secondary N) is 2. The van der Waals surface area contributed by atoms with Gasteiger partial charge in [-0.15, -0.1) is 20.5 Å². The van der Waals surface area contributed by atoms with Gasteiger partial charge in [0.05, 0.1) is 20.1 Å². The number of hydrogen-bond donors (Lipinski definition) is 4. The average Bonchev–Trinajstić information content (AvgIpc) is 3.23. The second-order valence-corrected chi connectivity index (χ2v) is 12.6. The minimum absolute atomic E-state index is 0.0179. The summed E-state index contributed by atoms with van der Waals surface area (Å²) >= 11 is 0. The molecule has 1 aromatic rings. The van der Waals surface area contributed by atoms with Crippen molar-refractivity contribution in [3.8, 4) is 0 Å². The molecular weight excluding hydrogens is 659 g/mol. The molecule has 0 aliphatic rings. The van der Waals surface area contributed by atoms with E-state index in [1.807, 2.05) is 14.0 Å². The van der Waals surface area contributed by atoms with Crippen LogP contribution in [-0.2, 0) is 24.8 Å². The van der Waals surface area contributed by atoms with Crippen LogP contribution in [0.25, 0.3) is 0 Å². The third-order valence-corrected chi connectivity index (χ3v) is 6.22. The van der Waals surface area contributed by atoms with E-state index in [1.165, 1.54) is 22.4 Å². The number of carbonyl (C=O) groups excluding carboxylic acids is 1. The van der Waals surface area contributed by atoms with E-state index in [9.17, 15) is 4.79 Å². The van der Waals surface area contributed by atoms with E-state index in [0.29, 0.717) is 6.54 Å². The SMILES string of the molecule is CC(C)=CCC/C(C)=C/CC/C(C)=C/CC/C(C)=C/C(=O)NCCc1c[n+](CCC[NH+]=C(N)N)cn1C.[O-][Cl+3]([O-])([O-])[O-].[O-][Cl+3]([O-])([O-])[O-]. The number of aryl methyl sites for hydroxylation is 2. The van der Waals surface area contributed by atoms with Crippen LogP contribution in [0.15, 0.2) is 59.1 Å². The van der Waals surface area contributed by atoms with Crippen LogP contribution in [-0.4, -0.2) is 29.5 Å². The van der Waals surface area contributed by atoms with Crippen LogP contribution >= 0.6 is 0 Å². The summed E-state index contributed by atoms with van der Waals surface area (Å²) in [6.07, 6.45) is 21.0. The molecule has 15 nitrogen and oxygen atoms in total. The van der Waals surface area contributed by atoms with Crippen LogP contribution in [0.1, 0.15) is 85.3 Å². The number of amides is 1. The molecule has 1 rings (SSSR count). The molecular formula is C30H52Cl2N6O9. The highest BCUT2D eigenvalue weighted by molar-refractivity contribution is 5.88. The standard InChI is InChI=1S/C30H50N6O.2ClHO4/c1-24(2)11-7-12-25(3)13-8-14-26(4)15-9-16-27(5)21-29(37)33-19-17-28-22-36(23-35(28)6)20-10-18-34-30(31)32;2*2-1(3,4)5/h11,13,15,21-23H,7-10,12,14,16-20H2,1-6H3,(H4-,31,32,33,34,37);2*(H,2,3,4,5)/b25-13+,26-15+,27-21+;;. The lowest BCUT2D eigenvalue weighted by Gasteiger charge is -2.17. The van der Waals surface area contributed by atoms with Gasteiger partial charge < -0.3 is 5.32 Å². The van der Waals surface area contributed by atoms with Crippen LogP contribution < -0.4 is 63.6 Å². The molecule has 1 aromatic heterocycles. The van der Waals surface area contributed by atoms with E-state index in [0.717, 1.165) is 70.0 Å². The number of nitrogens with two attached hydrogens (primary N) is 2. The molecule has 0 unspecified atom stereocenters. The summed E-state index contributed by atoms with van der Waals surface area (Å²) in [5.41, 5.74) is 17.4. The predicted octanol–water partition coefficient (Wildman–Crippen LogP) is -6.65. The fraction of sp³-hybridized carbons (Fsp3) is 0.567. The Morgan fingerprint density at radius 2 is 1.32 bits per heavy atom. The number of hydrogen-bond acceptors (Lipinski definition) is 9. The monoisotopic (exact) mass is 710 g/mol. The largest absolute Gasteiger partial charge is 0.352 e. The smallest absolute Gasteiger partial charge is 0.338 e. The van der Waals surface area contributed by atoms with Gasteiger partial charge in [-0.05, 0) is 73.1 Å². The topological polar surface area (TPSA) is 288 Å². The maximum absolute atomic E-state index is 12.3. The molecule has 0 bridgehead atoms. The summed E-state index contributed by atoms with van der Waals surface area (Å²) in [6, 6.07) is 0. The molecule has 0 atom stereocenters. The van der Waals surface area contributed by atoms with Gasteiger partial charge in [0.15, 0.2) is 0 Å². The van der Waals surface area contributed by atoms with Gasteiger partial charge in [-0.25, -0.2) is 46.4 Å². The van der Waals surface area contributed by atoms with E-state index in [2.05, 4.69) is 77.9 Å². The first-order valence-corrected chi connectivity index (χ1v) is 17.3. The van der Waals surface area contributed by atoms with Gasteiger partial charge >= 0.3 is 5.96 Å². The van der Waals surface area contributed by atoms with Gasteiger partial charge in [0.1, 0.15) is 11.9 Å². The lowest BCUT2D eigenvalue weighted by Crippen LogP contribution is -2.78. The molecule has 1 amide bonds. The molecule has 1 heterocycles. The zero-order valence-electron chi connectivity index (χ0n) is 28.2. The first kappa shape index (κ1) is 46.3. The minimum Gasteiger partial charge on any atom is -0.352 e. The van der Waals surface area contributed by atoms with Gasteiger partial charge in [0, 0.05) is 25.5 Å². The molecule has 0 aliphatic carbocycles. The highest BCUT2D eigenvalue weighted by Crippen LogP contribution is 2.13. The van der Waals surface area contributed by atoms with Crippen molar-refractivity contribution in [1.82, 2.24) is 9.88 Å². The van der Waals surface area contributed by atoms with E-state index in [1.54, 1.807) is 6.08 Å². The first-order valence-electron chi connectivity index (χ1n) is 14.9. The van der Waals surface area contributed by atoms with Crippen LogP contribution in [0.2, 0.25) is 0 Å². The number of guanidine groups is 1. The van der Waals surface area contributed by atoms with Crippen molar-refractivity contribution in [3.05, 3.63) is 64.8 Å². The number of rotatable bonds is 17. The summed E-state index contributed by atoms with van der Waals surface area (Å²) in [5, 5.41) is 3.02. The summed E-state index contributed by atoms with van der Waals surface area (Å²) in [6.45, 7) is 13.0. The Kier molecular flexibility index (Phi) is 24.8. The van der Waals surface area contributed by atoms with Crippen molar-refractivity contribution >= 4 is 11.9 Å². The van der Waals surface area contributed by atoms with Gasteiger partial charge in [0.25, 0.3) is 0 Å². The molecule has 0 saturated heterocycles. The molecule has 17 heteroatoms. The fourth-order valence-corrected chi connectivity index (χ4v) is 4.02. The number of aromatic nitrogens is 2. The summed E-state index contributed by atoms with van der Waals surface area (Å²) < 4.78 is 72.2. The van der Waals surface area contributed by atoms with Crippen molar-refractivity contribution < 1.29 is 72.1 Å². The average molecular weight is 712 g/mol. The second kappa shape index (κ2) is 25.2. The predicted molar refractivity (Wildman–Crippen MR) is 155 cm³/mol. The molecule has 270 valence electrons. The molecule has 0 radical (unpaired) electrons. The van der Waals surface area contributed by atoms with Crippen molar-refractivity contribution in [2.24, 2.45) is 18.5 Å². The summed E-state index contributed by atoms with van der Waals surface area (Å²) in [5.74, 6) is 0.237. The van der Waals surface area contributed by atoms with Crippen LogP contribution in [0.3, 0.4) is 0 Å². The summed E-state index contributed by atoms with van der Waals surface area (Å²) in [4.78, 5) is 15.3. The van der Waals surface area contributed by atoms with Crippen molar-refractivity contribution in [3.63, 3.8) is 0 Å². The lowest BCUT2D eigenvalue weighted by atomic mass is 10.0. The van der Waals surface area contributed by atoms with E-state index >= 15 is 0 Å². The van der Waals surface area contributed by atoms with Crippen molar-refractivity contribution in [1.29, 1.82) is 0 Å². The molecule has 47 heavy (non-hydrogen) atoms.